The first-order valence-electron chi connectivity index (χ1n) is 8.63. The van der Waals surface area contributed by atoms with Crippen LogP contribution in [-0.2, 0) is 6.42 Å². The average Bonchev–Trinajstić information content (AvgIpc) is 2.85. The zero-order valence-corrected chi connectivity index (χ0v) is 15.9. The molecule has 2 aromatic carbocycles. The Kier molecular flexibility index (Phi) is 5.46. The number of benzene rings is 2. The van der Waals surface area contributed by atoms with E-state index < -0.39 is 6.10 Å². The van der Waals surface area contributed by atoms with Gasteiger partial charge in [-0.25, -0.2) is 0 Å². The number of phenolic OH excluding ortho intramolecular Hbond substituents is 1. The molecule has 27 heavy (non-hydrogen) atoms. The highest BCUT2D eigenvalue weighted by Gasteiger charge is 2.27. The largest absolute Gasteiger partial charge is 0.504 e. The Labute approximate surface area is 158 Å². The van der Waals surface area contributed by atoms with Gasteiger partial charge in [-0.15, -0.1) is 0 Å². The summed E-state index contributed by atoms with van der Waals surface area (Å²) in [6, 6.07) is 7.05. The molecule has 0 spiro atoms. The Morgan fingerprint density at radius 2 is 1.59 bits per heavy atom. The normalized spacial score (nSPS) is 16.0. The minimum absolute atomic E-state index is 0.0237. The molecule has 2 N–H and O–H groups in total. The molecule has 1 atom stereocenters. The van der Waals surface area contributed by atoms with Crippen molar-refractivity contribution in [3.05, 3.63) is 47.0 Å². The van der Waals surface area contributed by atoms with Crippen molar-refractivity contribution in [2.45, 2.75) is 18.9 Å². The third-order valence-electron chi connectivity index (χ3n) is 4.74. The Balaban J connectivity index is 2.29. The number of fused-ring (bicyclic) bond motifs is 1. The van der Waals surface area contributed by atoms with Crippen LogP contribution >= 0.6 is 0 Å². The van der Waals surface area contributed by atoms with E-state index >= 15 is 0 Å². The molecule has 0 amide bonds. The molecular weight excluding hydrogens is 348 g/mol. The molecule has 1 unspecified atom stereocenters. The number of aromatic hydroxyl groups is 1. The van der Waals surface area contributed by atoms with Crippen molar-refractivity contribution in [1.82, 2.24) is 0 Å². The maximum absolute atomic E-state index is 10.4. The summed E-state index contributed by atoms with van der Waals surface area (Å²) in [6.45, 7) is 0. The number of rotatable bonds is 5. The van der Waals surface area contributed by atoms with Gasteiger partial charge in [0.05, 0.1) is 34.5 Å². The number of ether oxygens (including phenoxy) is 4. The third-order valence-corrected chi connectivity index (χ3v) is 4.74. The van der Waals surface area contributed by atoms with Crippen LogP contribution in [0.3, 0.4) is 0 Å². The highest BCUT2D eigenvalue weighted by Crippen LogP contribution is 2.48. The number of aryl methyl sites for hydroxylation is 1. The van der Waals surface area contributed by atoms with Crippen LogP contribution in [0.25, 0.3) is 5.57 Å². The molecule has 2 aromatic rings. The fourth-order valence-electron chi connectivity index (χ4n) is 3.46. The van der Waals surface area contributed by atoms with Crippen molar-refractivity contribution >= 4 is 5.57 Å². The summed E-state index contributed by atoms with van der Waals surface area (Å²) in [5, 5.41) is 20.6. The molecule has 3 rings (SSSR count). The maximum Gasteiger partial charge on any atom is 0.203 e. The van der Waals surface area contributed by atoms with E-state index in [1.807, 2.05) is 12.1 Å². The molecule has 0 aromatic heterocycles. The summed E-state index contributed by atoms with van der Waals surface area (Å²) in [5.41, 5.74) is 3.28. The van der Waals surface area contributed by atoms with Gasteiger partial charge in [0.15, 0.2) is 23.0 Å². The fraction of sp³-hybridized carbons (Fsp3) is 0.333. The molecule has 0 bridgehead atoms. The number of aliphatic hydroxyl groups is 1. The number of hydrogen-bond donors (Lipinski definition) is 2. The van der Waals surface area contributed by atoms with Crippen molar-refractivity contribution in [3.8, 4) is 28.7 Å². The average molecular weight is 372 g/mol. The molecular formula is C21H24O6. The Morgan fingerprint density at radius 1 is 0.889 bits per heavy atom. The quantitative estimate of drug-likeness (QED) is 0.840. The van der Waals surface area contributed by atoms with Crippen molar-refractivity contribution < 1.29 is 29.2 Å². The molecule has 144 valence electrons. The maximum atomic E-state index is 10.4. The summed E-state index contributed by atoms with van der Waals surface area (Å²) in [4.78, 5) is 0. The summed E-state index contributed by atoms with van der Waals surface area (Å²) in [5.74, 6) is 1.99. The topological polar surface area (TPSA) is 77.4 Å². The van der Waals surface area contributed by atoms with Gasteiger partial charge >= 0.3 is 0 Å². The van der Waals surface area contributed by atoms with E-state index in [1.54, 1.807) is 39.5 Å². The second-order valence-corrected chi connectivity index (χ2v) is 6.25. The second kappa shape index (κ2) is 7.80. The van der Waals surface area contributed by atoms with Crippen LogP contribution < -0.4 is 18.9 Å². The van der Waals surface area contributed by atoms with Crippen LogP contribution in [0.15, 0.2) is 30.3 Å². The highest BCUT2D eigenvalue weighted by atomic mass is 16.5. The van der Waals surface area contributed by atoms with E-state index in [2.05, 4.69) is 0 Å². The molecule has 0 fully saturated rings. The van der Waals surface area contributed by atoms with Crippen LogP contribution in [0.1, 0.15) is 23.1 Å². The van der Waals surface area contributed by atoms with E-state index in [1.165, 1.54) is 7.11 Å². The molecule has 6 nitrogen and oxygen atoms in total. The summed E-state index contributed by atoms with van der Waals surface area (Å²) in [6.07, 6.45) is 2.37. The Hall–Kier alpha value is -2.86. The zero-order chi connectivity index (χ0) is 19.6. The lowest BCUT2D eigenvalue weighted by molar-refractivity contribution is 0.214. The zero-order valence-electron chi connectivity index (χ0n) is 15.9. The van der Waals surface area contributed by atoms with E-state index in [0.717, 1.165) is 22.3 Å². The second-order valence-electron chi connectivity index (χ2n) is 6.25. The van der Waals surface area contributed by atoms with E-state index in [9.17, 15) is 10.2 Å². The highest BCUT2D eigenvalue weighted by molar-refractivity contribution is 5.88. The minimum Gasteiger partial charge on any atom is -0.504 e. The van der Waals surface area contributed by atoms with Crippen LogP contribution in [0.5, 0.6) is 28.7 Å². The lowest BCUT2D eigenvalue weighted by Crippen LogP contribution is -2.03. The first-order chi connectivity index (χ1) is 13.0. The van der Waals surface area contributed by atoms with Gasteiger partial charge in [-0.1, -0.05) is 6.07 Å². The third kappa shape index (κ3) is 3.40. The Bertz CT molecular complexity index is 871. The molecule has 0 saturated carbocycles. The molecule has 0 heterocycles. The van der Waals surface area contributed by atoms with Crippen LogP contribution in [0, 0.1) is 0 Å². The molecule has 0 aliphatic heterocycles. The predicted molar refractivity (Wildman–Crippen MR) is 102 cm³/mol. The first-order valence-corrected chi connectivity index (χ1v) is 8.63. The van der Waals surface area contributed by atoms with E-state index in [-0.39, 0.29) is 5.75 Å². The lowest BCUT2D eigenvalue weighted by Gasteiger charge is -2.21. The van der Waals surface area contributed by atoms with Crippen molar-refractivity contribution in [2.24, 2.45) is 0 Å². The molecule has 1 aliphatic rings. The smallest absolute Gasteiger partial charge is 0.203 e. The molecule has 1 aliphatic carbocycles. The SMILES string of the molecule is COc1ccc(C2=CC(O)CCc3cc(OC)c(OC)c(OC)c32)cc1O. The van der Waals surface area contributed by atoms with Crippen molar-refractivity contribution in [2.75, 3.05) is 28.4 Å². The first kappa shape index (κ1) is 18.9. The van der Waals surface area contributed by atoms with Crippen molar-refractivity contribution in [3.63, 3.8) is 0 Å². The molecule has 0 radical (unpaired) electrons. The van der Waals surface area contributed by atoms with Crippen LogP contribution in [-0.4, -0.2) is 44.8 Å². The summed E-state index contributed by atoms with van der Waals surface area (Å²) >= 11 is 0. The van der Waals surface area contributed by atoms with Gasteiger partial charge in [0.25, 0.3) is 0 Å². The van der Waals surface area contributed by atoms with Gasteiger partial charge in [0.2, 0.25) is 5.75 Å². The standard InChI is InChI=1S/C21H24O6/c1-24-17-8-6-12(9-16(17)23)15-11-14(22)7-5-13-10-18(25-2)20(26-3)21(27-4)19(13)15/h6,8-11,14,22-23H,5,7H2,1-4H3. The van der Waals surface area contributed by atoms with Gasteiger partial charge in [0.1, 0.15) is 0 Å². The molecule has 6 heteroatoms. The summed E-state index contributed by atoms with van der Waals surface area (Å²) < 4.78 is 21.8. The Morgan fingerprint density at radius 3 is 2.19 bits per heavy atom. The number of methoxy groups -OCH3 is 4. The monoisotopic (exact) mass is 372 g/mol. The van der Waals surface area contributed by atoms with E-state index in [4.69, 9.17) is 18.9 Å². The lowest BCUT2D eigenvalue weighted by atomic mass is 9.92. The van der Waals surface area contributed by atoms with Gasteiger partial charge in [-0.05, 0) is 53.8 Å². The fourth-order valence-corrected chi connectivity index (χ4v) is 3.46. The van der Waals surface area contributed by atoms with Gasteiger partial charge in [0, 0.05) is 5.56 Å². The number of hydrogen-bond acceptors (Lipinski definition) is 6. The minimum atomic E-state index is -0.627. The predicted octanol–water partition coefficient (Wildman–Crippen LogP) is 3.17. The number of phenols is 1. The van der Waals surface area contributed by atoms with E-state index in [0.29, 0.717) is 35.8 Å². The van der Waals surface area contributed by atoms with Crippen LogP contribution in [0.4, 0.5) is 0 Å². The summed E-state index contributed by atoms with van der Waals surface area (Å²) in [7, 11) is 6.20. The van der Waals surface area contributed by atoms with Gasteiger partial charge in [-0.2, -0.15) is 0 Å². The number of aliphatic hydroxyl groups excluding tert-OH is 1. The van der Waals surface area contributed by atoms with Crippen LogP contribution in [0.2, 0.25) is 0 Å². The van der Waals surface area contributed by atoms with Gasteiger partial charge in [-0.3, -0.25) is 0 Å². The van der Waals surface area contributed by atoms with Crippen molar-refractivity contribution in [1.29, 1.82) is 0 Å². The molecule has 0 saturated heterocycles. The van der Waals surface area contributed by atoms with Gasteiger partial charge < -0.3 is 29.2 Å².